The first-order chi connectivity index (χ1) is 13.0. The Morgan fingerprint density at radius 1 is 1.00 bits per heavy atom. The molecule has 4 nitrogen and oxygen atoms in total. The monoisotopic (exact) mass is 366 g/mol. The second-order valence-electron chi connectivity index (χ2n) is 6.86. The highest BCUT2D eigenvalue weighted by Crippen LogP contribution is 2.21. The third-order valence-corrected chi connectivity index (χ3v) is 4.79. The number of amides is 2. The van der Waals surface area contributed by atoms with Crippen LogP contribution in [0.1, 0.15) is 43.4 Å². The van der Waals surface area contributed by atoms with Crippen molar-refractivity contribution in [2.45, 2.75) is 46.5 Å². The largest absolute Gasteiger partial charge is 0.342 e. The van der Waals surface area contributed by atoms with Gasteiger partial charge in [-0.25, -0.2) is 0 Å². The van der Waals surface area contributed by atoms with E-state index in [1.165, 1.54) is 5.56 Å². The van der Waals surface area contributed by atoms with Crippen LogP contribution in [0.15, 0.2) is 48.5 Å². The fourth-order valence-corrected chi connectivity index (χ4v) is 3.19. The van der Waals surface area contributed by atoms with E-state index in [1.807, 2.05) is 43.3 Å². The van der Waals surface area contributed by atoms with Gasteiger partial charge in [0, 0.05) is 32.1 Å². The number of carbonyl (C=O) groups is 2. The molecule has 0 saturated carbocycles. The van der Waals surface area contributed by atoms with E-state index in [1.54, 1.807) is 11.8 Å². The van der Waals surface area contributed by atoms with Crippen LogP contribution in [0.5, 0.6) is 0 Å². The lowest BCUT2D eigenvalue weighted by atomic mass is 10.1. The Kier molecular flexibility index (Phi) is 8.05. The molecular formula is C23H30N2O2. The van der Waals surface area contributed by atoms with Gasteiger partial charge < -0.3 is 10.2 Å². The Bertz CT molecular complexity index is 756. The highest BCUT2D eigenvalue weighted by molar-refractivity contribution is 5.92. The zero-order valence-electron chi connectivity index (χ0n) is 16.6. The minimum absolute atomic E-state index is 0.0148. The van der Waals surface area contributed by atoms with Crippen LogP contribution < -0.4 is 5.32 Å². The van der Waals surface area contributed by atoms with Crippen LogP contribution in [0.2, 0.25) is 0 Å². The number of hydrogen-bond acceptors (Lipinski definition) is 2. The minimum Gasteiger partial charge on any atom is -0.342 e. The Labute approximate surface area is 162 Å². The molecule has 144 valence electrons. The van der Waals surface area contributed by atoms with Gasteiger partial charge in [0.05, 0.1) is 0 Å². The van der Waals surface area contributed by atoms with Crippen molar-refractivity contribution >= 4 is 17.5 Å². The molecule has 0 unspecified atom stereocenters. The maximum Gasteiger partial charge on any atom is 0.226 e. The predicted octanol–water partition coefficient (Wildman–Crippen LogP) is 4.37. The molecule has 0 aliphatic carbocycles. The van der Waals surface area contributed by atoms with E-state index in [2.05, 4.69) is 24.4 Å². The van der Waals surface area contributed by atoms with Crippen molar-refractivity contribution in [3.8, 4) is 0 Å². The van der Waals surface area contributed by atoms with Gasteiger partial charge in [-0.15, -0.1) is 0 Å². The Morgan fingerprint density at radius 3 is 2.41 bits per heavy atom. The first-order valence-electron chi connectivity index (χ1n) is 9.69. The summed E-state index contributed by atoms with van der Waals surface area (Å²) < 4.78 is 0. The van der Waals surface area contributed by atoms with E-state index in [9.17, 15) is 9.59 Å². The van der Waals surface area contributed by atoms with Crippen LogP contribution in [0.3, 0.4) is 0 Å². The maximum absolute atomic E-state index is 12.4. The zero-order valence-corrected chi connectivity index (χ0v) is 16.6. The van der Waals surface area contributed by atoms with Crippen molar-refractivity contribution in [2.24, 2.45) is 0 Å². The number of nitrogens with zero attached hydrogens (tertiary/aromatic N) is 1. The van der Waals surface area contributed by atoms with E-state index in [-0.39, 0.29) is 11.8 Å². The fraction of sp³-hybridized carbons (Fsp3) is 0.391. The highest BCUT2D eigenvalue weighted by Gasteiger charge is 2.13. The van der Waals surface area contributed by atoms with Crippen LogP contribution in [0, 0.1) is 6.92 Å². The van der Waals surface area contributed by atoms with Crippen molar-refractivity contribution in [3.63, 3.8) is 0 Å². The molecule has 0 spiro atoms. The minimum atomic E-state index is -0.0479. The highest BCUT2D eigenvalue weighted by atomic mass is 16.2. The number of benzene rings is 2. The van der Waals surface area contributed by atoms with Gasteiger partial charge in [0.25, 0.3) is 0 Å². The van der Waals surface area contributed by atoms with Gasteiger partial charge in [-0.05, 0) is 42.9 Å². The number of hydrogen-bond donors (Lipinski definition) is 1. The molecule has 4 heteroatoms. The average Bonchev–Trinajstić information content (AvgIpc) is 2.66. The number of nitrogens with one attached hydrogen (secondary N) is 1. The zero-order chi connectivity index (χ0) is 19.6. The van der Waals surface area contributed by atoms with Gasteiger partial charge in [0.2, 0.25) is 11.8 Å². The van der Waals surface area contributed by atoms with E-state index in [0.717, 1.165) is 36.1 Å². The van der Waals surface area contributed by atoms with Crippen LogP contribution >= 0.6 is 0 Å². The number of aryl methyl sites for hydroxylation is 3. The van der Waals surface area contributed by atoms with Crippen molar-refractivity contribution in [3.05, 3.63) is 65.2 Å². The third-order valence-electron chi connectivity index (χ3n) is 4.79. The summed E-state index contributed by atoms with van der Waals surface area (Å²) in [6.07, 6.45) is 3.00. The molecule has 2 aromatic rings. The lowest BCUT2D eigenvalue weighted by Gasteiger charge is -2.21. The lowest BCUT2D eigenvalue weighted by molar-refractivity contribution is -0.129. The quantitative estimate of drug-likeness (QED) is 0.716. The van der Waals surface area contributed by atoms with Crippen LogP contribution in [-0.2, 0) is 22.4 Å². The summed E-state index contributed by atoms with van der Waals surface area (Å²) in [7, 11) is 0. The second-order valence-corrected chi connectivity index (χ2v) is 6.86. The smallest absolute Gasteiger partial charge is 0.226 e. The van der Waals surface area contributed by atoms with E-state index in [0.29, 0.717) is 19.5 Å². The van der Waals surface area contributed by atoms with Crippen molar-refractivity contribution < 1.29 is 9.59 Å². The van der Waals surface area contributed by atoms with Gasteiger partial charge >= 0.3 is 0 Å². The first kappa shape index (κ1) is 20.7. The molecule has 0 aromatic heterocycles. The average molecular weight is 367 g/mol. The maximum atomic E-state index is 12.4. The van der Waals surface area contributed by atoms with Gasteiger partial charge in [-0.2, -0.15) is 0 Å². The van der Waals surface area contributed by atoms with E-state index in [4.69, 9.17) is 0 Å². The van der Waals surface area contributed by atoms with E-state index < -0.39 is 0 Å². The molecule has 2 aromatic carbocycles. The molecule has 27 heavy (non-hydrogen) atoms. The van der Waals surface area contributed by atoms with Crippen molar-refractivity contribution in [1.29, 1.82) is 0 Å². The molecule has 2 rings (SSSR count). The topological polar surface area (TPSA) is 49.4 Å². The number of carbonyl (C=O) groups excluding carboxylic acids is 2. The predicted molar refractivity (Wildman–Crippen MR) is 111 cm³/mol. The van der Waals surface area contributed by atoms with Gasteiger partial charge in [-0.1, -0.05) is 55.5 Å². The molecule has 2 amide bonds. The molecule has 0 saturated heterocycles. The summed E-state index contributed by atoms with van der Waals surface area (Å²) in [5.74, 6) is -0.0330. The summed E-state index contributed by atoms with van der Waals surface area (Å²) in [5.41, 5.74) is 4.37. The van der Waals surface area contributed by atoms with Crippen LogP contribution in [0.4, 0.5) is 5.69 Å². The molecule has 0 fully saturated rings. The summed E-state index contributed by atoms with van der Waals surface area (Å²) in [6, 6.07) is 16.3. The van der Waals surface area contributed by atoms with Crippen molar-refractivity contribution in [2.75, 3.05) is 18.4 Å². The summed E-state index contributed by atoms with van der Waals surface area (Å²) in [5, 5.41) is 3.03. The normalized spacial score (nSPS) is 10.5. The third kappa shape index (κ3) is 6.55. The SMILES string of the molecule is CCc1cccc(C)c1NC(=O)CCN(CCCc1ccccc1)C(C)=O. The Morgan fingerprint density at radius 2 is 1.74 bits per heavy atom. The molecular weight excluding hydrogens is 336 g/mol. The van der Waals surface area contributed by atoms with Gasteiger partial charge in [0.15, 0.2) is 0 Å². The molecule has 1 N–H and O–H groups in total. The molecule has 0 aliphatic heterocycles. The van der Waals surface area contributed by atoms with E-state index >= 15 is 0 Å². The number of para-hydroxylation sites is 1. The molecule has 0 heterocycles. The Hall–Kier alpha value is -2.62. The molecule has 0 atom stereocenters. The lowest BCUT2D eigenvalue weighted by Crippen LogP contribution is -2.33. The summed E-state index contributed by atoms with van der Waals surface area (Å²) in [4.78, 5) is 26.1. The van der Waals surface area contributed by atoms with Crippen LogP contribution in [0.25, 0.3) is 0 Å². The number of rotatable bonds is 9. The molecule has 0 radical (unpaired) electrons. The van der Waals surface area contributed by atoms with Gasteiger partial charge in [0.1, 0.15) is 0 Å². The first-order valence-corrected chi connectivity index (χ1v) is 9.69. The standard InChI is InChI=1S/C23H30N2O2/c1-4-21-14-8-10-18(2)23(21)24-22(27)15-17-25(19(3)26)16-9-13-20-11-6-5-7-12-20/h5-8,10-12,14H,4,9,13,15-17H2,1-3H3,(H,24,27). The summed E-state index contributed by atoms with van der Waals surface area (Å²) >= 11 is 0. The van der Waals surface area contributed by atoms with Crippen LogP contribution in [-0.4, -0.2) is 29.8 Å². The van der Waals surface area contributed by atoms with Crippen molar-refractivity contribution in [1.82, 2.24) is 4.90 Å². The van der Waals surface area contributed by atoms with Gasteiger partial charge in [-0.3, -0.25) is 9.59 Å². The number of anilines is 1. The Balaban J connectivity index is 1.84. The fourth-order valence-electron chi connectivity index (χ4n) is 3.19. The summed E-state index contributed by atoms with van der Waals surface area (Å²) in [6.45, 7) is 6.76. The second kappa shape index (κ2) is 10.5. The molecule has 0 aliphatic rings. The molecule has 0 bridgehead atoms.